The molecule has 1 aliphatic heterocycles. The fourth-order valence-corrected chi connectivity index (χ4v) is 3.43. The molecular weight excluding hydrogens is 308 g/mol. The van der Waals surface area contributed by atoms with Crippen LogP contribution in [-0.4, -0.2) is 49.2 Å². The van der Waals surface area contributed by atoms with Gasteiger partial charge in [0.05, 0.1) is 0 Å². The minimum atomic E-state index is 0.977. The highest BCUT2D eigenvalue weighted by molar-refractivity contribution is 5.56. The van der Waals surface area contributed by atoms with E-state index >= 15 is 0 Å². The molecule has 0 atom stereocenters. The highest BCUT2D eigenvalue weighted by atomic mass is 15.3. The van der Waals surface area contributed by atoms with Crippen molar-refractivity contribution in [3.8, 4) is 0 Å². The van der Waals surface area contributed by atoms with Crippen molar-refractivity contribution in [2.75, 3.05) is 49.5 Å². The zero-order valence-corrected chi connectivity index (χ0v) is 15.5. The Kier molecular flexibility index (Phi) is 6.29. The Morgan fingerprint density at radius 3 is 2.56 bits per heavy atom. The van der Waals surface area contributed by atoms with Gasteiger partial charge in [-0.25, -0.2) is 4.98 Å². The number of hydrogen-bond acceptors (Lipinski definition) is 4. The molecule has 1 fully saturated rings. The van der Waals surface area contributed by atoms with Crippen molar-refractivity contribution in [1.82, 2.24) is 9.88 Å². The molecule has 1 saturated heterocycles. The van der Waals surface area contributed by atoms with Gasteiger partial charge in [-0.15, -0.1) is 0 Å². The van der Waals surface area contributed by atoms with E-state index in [1.54, 1.807) is 0 Å². The minimum Gasteiger partial charge on any atom is -0.370 e. The SMILES string of the molecule is Cc1cccc(N2CCN(CCCCNc3ccccn3)CC2)c1C. The Hall–Kier alpha value is -2.07. The standard InChI is InChI=1S/C21H30N4/c1-18-8-7-9-20(19(18)2)25-16-14-24(15-17-25)13-6-5-12-23-21-10-3-4-11-22-21/h3-4,7-11H,5-6,12-17H2,1-2H3,(H,22,23). The molecule has 0 aliphatic carbocycles. The summed E-state index contributed by atoms with van der Waals surface area (Å²) in [5, 5.41) is 3.38. The average Bonchev–Trinajstić information content (AvgIpc) is 2.65. The fourth-order valence-electron chi connectivity index (χ4n) is 3.43. The second kappa shape index (κ2) is 8.86. The van der Waals surface area contributed by atoms with Crippen LogP contribution in [0, 0.1) is 13.8 Å². The van der Waals surface area contributed by atoms with Gasteiger partial charge in [-0.2, -0.15) is 0 Å². The largest absolute Gasteiger partial charge is 0.370 e. The highest BCUT2D eigenvalue weighted by Gasteiger charge is 2.18. The molecule has 25 heavy (non-hydrogen) atoms. The van der Waals surface area contributed by atoms with E-state index in [0.29, 0.717) is 0 Å². The predicted molar refractivity (Wildman–Crippen MR) is 107 cm³/mol. The summed E-state index contributed by atoms with van der Waals surface area (Å²) < 4.78 is 0. The van der Waals surface area contributed by atoms with Gasteiger partial charge in [-0.05, 0) is 62.6 Å². The number of benzene rings is 1. The van der Waals surface area contributed by atoms with E-state index in [1.165, 1.54) is 49.3 Å². The number of rotatable bonds is 7. The number of piperazine rings is 1. The molecule has 0 spiro atoms. The van der Waals surface area contributed by atoms with Crippen LogP contribution in [0.3, 0.4) is 0 Å². The van der Waals surface area contributed by atoms with Crippen molar-refractivity contribution in [3.63, 3.8) is 0 Å². The summed E-state index contributed by atoms with van der Waals surface area (Å²) in [7, 11) is 0. The summed E-state index contributed by atoms with van der Waals surface area (Å²) in [4.78, 5) is 9.43. The van der Waals surface area contributed by atoms with Crippen LogP contribution in [0.2, 0.25) is 0 Å². The molecule has 0 radical (unpaired) electrons. The van der Waals surface area contributed by atoms with Gasteiger partial charge in [0.25, 0.3) is 0 Å². The number of nitrogens with zero attached hydrogens (tertiary/aromatic N) is 3. The lowest BCUT2D eigenvalue weighted by Gasteiger charge is -2.37. The van der Waals surface area contributed by atoms with Crippen LogP contribution < -0.4 is 10.2 Å². The molecule has 3 rings (SSSR count). The Balaban J connectivity index is 1.35. The Labute approximate surface area is 151 Å². The van der Waals surface area contributed by atoms with Crippen LogP contribution in [0.15, 0.2) is 42.6 Å². The van der Waals surface area contributed by atoms with Crippen molar-refractivity contribution < 1.29 is 0 Å². The number of nitrogens with one attached hydrogen (secondary N) is 1. The lowest BCUT2D eigenvalue weighted by molar-refractivity contribution is 0.253. The van der Waals surface area contributed by atoms with Crippen LogP contribution >= 0.6 is 0 Å². The topological polar surface area (TPSA) is 31.4 Å². The molecule has 4 nitrogen and oxygen atoms in total. The summed E-state index contributed by atoms with van der Waals surface area (Å²) in [6.45, 7) is 11.2. The van der Waals surface area contributed by atoms with Crippen molar-refractivity contribution >= 4 is 11.5 Å². The highest BCUT2D eigenvalue weighted by Crippen LogP contribution is 2.23. The number of aryl methyl sites for hydroxylation is 1. The van der Waals surface area contributed by atoms with Crippen LogP contribution in [0.25, 0.3) is 0 Å². The first kappa shape index (κ1) is 17.7. The second-order valence-electron chi connectivity index (χ2n) is 6.90. The summed E-state index contributed by atoms with van der Waals surface area (Å²) >= 11 is 0. The second-order valence-corrected chi connectivity index (χ2v) is 6.90. The first-order valence-electron chi connectivity index (χ1n) is 9.42. The van der Waals surface area contributed by atoms with Gasteiger partial charge in [0.15, 0.2) is 0 Å². The average molecular weight is 338 g/mol. The van der Waals surface area contributed by atoms with Gasteiger partial charge in [0.1, 0.15) is 5.82 Å². The fraction of sp³-hybridized carbons (Fsp3) is 0.476. The van der Waals surface area contributed by atoms with E-state index in [-0.39, 0.29) is 0 Å². The Bertz CT molecular complexity index is 648. The van der Waals surface area contributed by atoms with Gasteiger partial charge in [0, 0.05) is 44.6 Å². The van der Waals surface area contributed by atoms with E-state index < -0.39 is 0 Å². The first-order valence-corrected chi connectivity index (χ1v) is 9.42. The number of anilines is 2. The molecule has 4 heteroatoms. The van der Waals surface area contributed by atoms with Crippen LogP contribution in [0.5, 0.6) is 0 Å². The van der Waals surface area contributed by atoms with Crippen LogP contribution in [0.1, 0.15) is 24.0 Å². The molecular formula is C21H30N4. The molecule has 134 valence electrons. The maximum Gasteiger partial charge on any atom is 0.125 e. The lowest BCUT2D eigenvalue weighted by Crippen LogP contribution is -2.46. The van der Waals surface area contributed by atoms with E-state index in [4.69, 9.17) is 0 Å². The summed E-state index contributed by atoms with van der Waals surface area (Å²) in [6, 6.07) is 12.6. The zero-order valence-electron chi connectivity index (χ0n) is 15.5. The predicted octanol–water partition coefficient (Wildman–Crippen LogP) is 3.71. The van der Waals surface area contributed by atoms with E-state index in [9.17, 15) is 0 Å². The third-order valence-corrected chi connectivity index (χ3v) is 5.16. The van der Waals surface area contributed by atoms with Crippen molar-refractivity contribution in [2.45, 2.75) is 26.7 Å². The molecule has 1 aromatic heterocycles. The number of aromatic nitrogens is 1. The third kappa shape index (κ3) is 4.95. The number of unbranched alkanes of at least 4 members (excludes halogenated alkanes) is 1. The third-order valence-electron chi connectivity index (χ3n) is 5.16. The number of hydrogen-bond donors (Lipinski definition) is 1. The zero-order chi connectivity index (χ0) is 17.5. The molecule has 2 heterocycles. The normalized spacial score (nSPS) is 15.4. The Morgan fingerprint density at radius 1 is 0.960 bits per heavy atom. The maximum absolute atomic E-state index is 4.29. The van der Waals surface area contributed by atoms with Crippen LogP contribution in [-0.2, 0) is 0 Å². The van der Waals surface area contributed by atoms with Crippen molar-refractivity contribution in [3.05, 3.63) is 53.7 Å². The van der Waals surface area contributed by atoms with Gasteiger partial charge < -0.3 is 10.2 Å². The monoisotopic (exact) mass is 338 g/mol. The van der Waals surface area contributed by atoms with Crippen molar-refractivity contribution in [1.29, 1.82) is 0 Å². The molecule has 0 amide bonds. The summed E-state index contributed by atoms with van der Waals surface area (Å²) in [5.41, 5.74) is 4.23. The lowest BCUT2D eigenvalue weighted by atomic mass is 10.1. The molecule has 0 unspecified atom stereocenters. The van der Waals surface area contributed by atoms with E-state index in [2.05, 4.69) is 52.1 Å². The van der Waals surface area contributed by atoms with E-state index in [0.717, 1.165) is 25.5 Å². The molecule has 1 N–H and O–H groups in total. The summed E-state index contributed by atoms with van der Waals surface area (Å²) in [6.07, 6.45) is 4.26. The van der Waals surface area contributed by atoms with Gasteiger partial charge in [-0.1, -0.05) is 18.2 Å². The Morgan fingerprint density at radius 2 is 1.80 bits per heavy atom. The quantitative estimate of drug-likeness (QED) is 0.780. The molecule has 0 bridgehead atoms. The van der Waals surface area contributed by atoms with Crippen molar-refractivity contribution in [2.24, 2.45) is 0 Å². The summed E-state index contributed by atoms with van der Waals surface area (Å²) in [5.74, 6) is 0.977. The molecule has 1 aromatic carbocycles. The van der Waals surface area contributed by atoms with Gasteiger partial charge >= 0.3 is 0 Å². The molecule has 2 aromatic rings. The maximum atomic E-state index is 4.29. The minimum absolute atomic E-state index is 0.977. The smallest absolute Gasteiger partial charge is 0.125 e. The van der Waals surface area contributed by atoms with E-state index in [1.807, 2.05) is 24.4 Å². The van der Waals surface area contributed by atoms with Gasteiger partial charge in [-0.3, -0.25) is 4.90 Å². The molecule has 1 aliphatic rings. The first-order chi connectivity index (χ1) is 12.2. The number of pyridine rings is 1. The van der Waals surface area contributed by atoms with Crippen LogP contribution in [0.4, 0.5) is 11.5 Å². The molecule has 0 saturated carbocycles. The van der Waals surface area contributed by atoms with Gasteiger partial charge in [0.2, 0.25) is 0 Å².